The summed E-state index contributed by atoms with van der Waals surface area (Å²) in [7, 11) is 0. The zero-order chi connectivity index (χ0) is 12.4. The molecular weight excluding hydrogens is 232 g/mol. The molecule has 2 aromatic rings. The normalized spacial score (nSPS) is 10.3. The van der Waals surface area contributed by atoms with E-state index in [-0.39, 0.29) is 0 Å². The summed E-state index contributed by atoms with van der Waals surface area (Å²) in [4.78, 5) is 0. The van der Waals surface area contributed by atoms with E-state index in [1.807, 2.05) is 50.2 Å². The van der Waals surface area contributed by atoms with E-state index in [0.29, 0.717) is 5.02 Å². The number of nitrogens with one attached hydrogen (secondary N) is 1. The van der Waals surface area contributed by atoms with Crippen molar-refractivity contribution in [3.8, 4) is 0 Å². The summed E-state index contributed by atoms with van der Waals surface area (Å²) in [6, 6.07) is 11.6. The van der Waals surface area contributed by atoms with Gasteiger partial charge in [0.1, 0.15) is 0 Å². The summed E-state index contributed by atoms with van der Waals surface area (Å²) in [6.45, 7) is 4.06. The number of benzene rings is 2. The largest absolute Gasteiger partial charge is 0.399 e. The molecule has 2 rings (SSSR count). The Labute approximate surface area is 106 Å². The molecule has 0 spiro atoms. The van der Waals surface area contributed by atoms with E-state index < -0.39 is 0 Å². The summed E-state index contributed by atoms with van der Waals surface area (Å²) in [5.74, 6) is 0. The smallest absolute Gasteiger partial charge is 0.0643 e. The molecule has 0 radical (unpaired) electrons. The Morgan fingerprint density at radius 2 is 1.82 bits per heavy atom. The molecule has 0 aromatic heterocycles. The van der Waals surface area contributed by atoms with E-state index >= 15 is 0 Å². The van der Waals surface area contributed by atoms with E-state index in [1.165, 1.54) is 0 Å². The first kappa shape index (κ1) is 11.8. The lowest BCUT2D eigenvalue weighted by atomic mass is 10.1. The van der Waals surface area contributed by atoms with Crippen molar-refractivity contribution in [2.45, 2.75) is 13.8 Å². The van der Waals surface area contributed by atoms with E-state index in [1.54, 1.807) is 0 Å². The lowest BCUT2D eigenvalue weighted by molar-refractivity contribution is 1.39. The molecule has 17 heavy (non-hydrogen) atoms. The molecule has 0 unspecified atom stereocenters. The maximum Gasteiger partial charge on any atom is 0.0643 e. The topological polar surface area (TPSA) is 38.0 Å². The van der Waals surface area contributed by atoms with Gasteiger partial charge in [-0.3, -0.25) is 0 Å². The quantitative estimate of drug-likeness (QED) is 0.776. The van der Waals surface area contributed by atoms with Crippen LogP contribution in [-0.4, -0.2) is 0 Å². The van der Waals surface area contributed by atoms with Gasteiger partial charge in [0.15, 0.2) is 0 Å². The molecule has 3 heteroatoms. The number of halogens is 1. The van der Waals surface area contributed by atoms with E-state index in [4.69, 9.17) is 17.3 Å². The first-order chi connectivity index (χ1) is 8.08. The number of para-hydroxylation sites is 1. The van der Waals surface area contributed by atoms with Crippen LogP contribution in [0.25, 0.3) is 0 Å². The van der Waals surface area contributed by atoms with Gasteiger partial charge in [-0.1, -0.05) is 29.8 Å². The maximum atomic E-state index is 6.18. The van der Waals surface area contributed by atoms with Crippen LogP contribution in [0.5, 0.6) is 0 Å². The number of anilines is 3. The molecule has 0 atom stereocenters. The molecule has 3 N–H and O–H groups in total. The minimum absolute atomic E-state index is 0.715. The van der Waals surface area contributed by atoms with Gasteiger partial charge in [0.05, 0.1) is 10.7 Å². The van der Waals surface area contributed by atoms with Crippen molar-refractivity contribution in [2.24, 2.45) is 0 Å². The molecule has 0 bridgehead atoms. The van der Waals surface area contributed by atoms with Gasteiger partial charge >= 0.3 is 0 Å². The number of hydrogen-bond acceptors (Lipinski definition) is 2. The predicted octanol–water partition coefficient (Wildman–Crippen LogP) is 4.28. The fourth-order valence-corrected chi connectivity index (χ4v) is 1.97. The highest BCUT2D eigenvalue weighted by Gasteiger charge is 2.05. The summed E-state index contributed by atoms with van der Waals surface area (Å²) in [6.07, 6.45) is 0. The Bertz CT molecular complexity index is 530. The second kappa shape index (κ2) is 4.68. The minimum atomic E-state index is 0.715. The third-order valence-electron chi connectivity index (χ3n) is 2.74. The van der Waals surface area contributed by atoms with Gasteiger partial charge in [-0.15, -0.1) is 0 Å². The van der Waals surface area contributed by atoms with Crippen LogP contribution >= 0.6 is 11.6 Å². The van der Waals surface area contributed by atoms with E-state index in [2.05, 4.69) is 5.32 Å². The van der Waals surface area contributed by atoms with Crippen LogP contribution in [0.15, 0.2) is 36.4 Å². The zero-order valence-electron chi connectivity index (χ0n) is 9.92. The molecule has 0 heterocycles. The van der Waals surface area contributed by atoms with Crippen LogP contribution < -0.4 is 11.1 Å². The fourth-order valence-electron chi connectivity index (χ4n) is 1.70. The van der Waals surface area contributed by atoms with E-state index in [9.17, 15) is 0 Å². The summed E-state index contributed by atoms with van der Waals surface area (Å²) < 4.78 is 0. The Kier molecular flexibility index (Phi) is 3.25. The summed E-state index contributed by atoms with van der Waals surface area (Å²) in [5.41, 5.74) is 10.7. The van der Waals surface area contributed by atoms with Crippen LogP contribution in [0.1, 0.15) is 11.1 Å². The van der Waals surface area contributed by atoms with Crippen molar-refractivity contribution in [1.82, 2.24) is 0 Å². The Morgan fingerprint density at radius 1 is 1.06 bits per heavy atom. The van der Waals surface area contributed by atoms with Gasteiger partial charge in [-0.2, -0.15) is 0 Å². The van der Waals surface area contributed by atoms with Crippen molar-refractivity contribution >= 4 is 28.7 Å². The van der Waals surface area contributed by atoms with Crippen molar-refractivity contribution < 1.29 is 0 Å². The van der Waals surface area contributed by atoms with Crippen LogP contribution in [0.4, 0.5) is 17.1 Å². The summed E-state index contributed by atoms with van der Waals surface area (Å²) >= 11 is 6.18. The highest BCUT2D eigenvalue weighted by molar-refractivity contribution is 6.33. The second-order valence-electron chi connectivity index (χ2n) is 4.13. The number of nitrogens with two attached hydrogens (primary N) is 1. The molecule has 0 amide bonds. The third-order valence-corrected chi connectivity index (χ3v) is 3.06. The average molecular weight is 247 g/mol. The maximum absolute atomic E-state index is 6.18. The molecule has 0 aliphatic rings. The lowest BCUT2D eigenvalue weighted by Gasteiger charge is -2.14. The zero-order valence-corrected chi connectivity index (χ0v) is 10.7. The van der Waals surface area contributed by atoms with Crippen molar-refractivity contribution in [3.05, 3.63) is 52.5 Å². The van der Waals surface area contributed by atoms with Crippen LogP contribution in [0.3, 0.4) is 0 Å². The van der Waals surface area contributed by atoms with Crippen molar-refractivity contribution in [3.63, 3.8) is 0 Å². The number of nitrogen functional groups attached to an aromatic ring is 1. The number of rotatable bonds is 2. The number of hydrogen-bond donors (Lipinski definition) is 2. The first-order valence-electron chi connectivity index (χ1n) is 5.46. The molecule has 88 valence electrons. The molecule has 0 aliphatic heterocycles. The molecule has 0 aliphatic carbocycles. The van der Waals surface area contributed by atoms with Gasteiger partial charge in [0, 0.05) is 11.4 Å². The first-order valence-corrected chi connectivity index (χ1v) is 5.84. The van der Waals surface area contributed by atoms with Gasteiger partial charge in [0.2, 0.25) is 0 Å². The number of aryl methyl sites for hydroxylation is 2. The highest BCUT2D eigenvalue weighted by atomic mass is 35.5. The van der Waals surface area contributed by atoms with Crippen LogP contribution in [0, 0.1) is 13.8 Å². The van der Waals surface area contributed by atoms with Crippen LogP contribution in [-0.2, 0) is 0 Å². The molecular formula is C14H15ClN2. The summed E-state index contributed by atoms with van der Waals surface area (Å²) in [5, 5.41) is 4.05. The van der Waals surface area contributed by atoms with E-state index in [0.717, 1.165) is 28.2 Å². The molecule has 0 saturated carbocycles. The molecule has 0 fully saturated rings. The minimum Gasteiger partial charge on any atom is -0.399 e. The van der Waals surface area contributed by atoms with Crippen molar-refractivity contribution in [2.75, 3.05) is 11.1 Å². The second-order valence-corrected chi connectivity index (χ2v) is 4.54. The predicted molar refractivity (Wildman–Crippen MR) is 75.1 cm³/mol. The van der Waals surface area contributed by atoms with Gasteiger partial charge in [0.25, 0.3) is 0 Å². The SMILES string of the molecule is Cc1ccc(N)cc1Nc1c(C)cccc1Cl. The van der Waals surface area contributed by atoms with Gasteiger partial charge in [-0.25, -0.2) is 0 Å². The van der Waals surface area contributed by atoms with Crippen molar-refractivity contribution in [1.29, 1.82) is 0 Å². The Balaban J connectivity index is 2.41. The third kappa shape index (κ3) is 2.53. The van der Waals surface area contributed by atoms with Gasteiger partial charge in [-0.05, 0) is 43.2 Å². The van der Waals surface area contributed by atoms with Gasteiger partial charge < -0.3 is 11.1 Å². The average Bonchev–Trinajstić information content (AvgIpc) is 2.28. The Hall–Kier alpha value is -1.67. The highest BCUT2D eigenvalue weighted by Crippen LogP contribution is 2.30. The van der Waals surface area contributed by atoms with Crippen LogP contribution in [0.2, 0.25) is 5.02 Å². The lowest BCUT2D eigenvalue weighted by Crippen LogP contribution is -1.97. The fraction of sp³-hybridized carbons (Fsp3) is 0.143. The molecule has 2 aromatic carbocycles. The standard InChI is InChI=1S/C14H15ClN2/c1-9-6-7-11(16)8-13(9)17-14-10(2)4-3-5-12(14)15/h3-8,17H,16H2,1-2H3. The monoisotopic (exact) mass is 246 g/mol. The Morgan fingerprint density at radius 3 is 2.53 bits per heavy atom. The molecule has 2 nitrogen and oxygen atoms in total. The molecule has 0 saturated heterocycles.